The van der Waals surface area contributed by atoms with Gasteiger partial charge in [0.1, 0.15) is 25.2 Å². The second kappa shape index (κ2) is 13.8. The molecule has 0 fully saturated rings. The molecule has 154 valence electrons. The Balaban J connectivity index is 0.000000921. The van der Waals surface area contributed by atoms with E-state index < -0.39 is 0 Å². The summed E-state index contributed by atoms with van der Waals surface area (Å²) in [5.41, 5.74) is 5.77. The van der Waals surface area contributed by atoms with E-state index in [0.29, 0.717) is 6.61 Å². The van der Waals surface area contributed by atoms with Gasteiger partial charge in [-0.3, -0.25) is 0 Å². The molecule has 1 aromatic carbocycles. The van der Waals surface area contributed by atoms with Crippen LogP contribution in [0.15, 0.2) is 53.2 Å². The molecule has 0 spiro atoms. The van der Waals surface area contributed by atoms with Crippen LogP contribution < -0.4 is 4.74 Å². The quantitative estimate of drug-likeness (QED) is 0.320. The van der Waals surface area contributed by atoms with Crippen molar-refractivity contribution in [3.05, 3.63) is 59.2 Å². The minimum absolute atomic E-state index is 0.548. The first-order chi connectivity index (χ1) is 13.8. The summed E-state index contributed by atoms with van der Waals surface area (Å²) in [7, 11) is 3.30. The number of oxime groups is 1. The molecule has 0 saturated heterocycles. The second-order valence-corrected chi connectivity index (χ2v) is 5.73. The molecule has 0 saturated carbocycles. The van der Waals surface area contributed by atoms with Gasteiger partial charge < -0.3 is 14.3 Å². The maximum absolute atomic E-state index is 5.83. The molecular weight excluding hydrogens is 350 g/mol. The van der Waals surface area contributed by atoms with Crippen molar-refractivity contribution in [1.29, 1.82) is 0 Å². The fourth-order valence-corrected chi connectivity index (χ4v) is 3.08. The number of benzene rings is 1. The smallest absolute Gasteiger partial charge is 0.120 e. The molecule has 0 amide bonds. The Morgan fingerprint density at radius 2 is 1.82 bits per heavy atom. The van der Waals surface area contributed by atoms with Gasteiger partial charge in [-0.25, -0.2) is 0 Å². The molecular formula is C24H35NO3. The largest absolute Gasteiger partial charge is 0.490 e. The van der Waals surface area contributed by atoms with Gasteiger partial charge in [-0.2, -0.15) is 0 Å². The molecule has 4 nitrogen and oxygen atoms in total. The lowest BCUT2D eigenvalue weighted by Gasteiger charge is -2.08. The van der Waals surface area contributed by atoms with Crippen LogP contribution in [0.4, 0.5) is 0 Å². The predicted molar refractivity (Wildman–Crippen MR) is 119 cm³/mol. The molecule has 0 aromatic heterocycles. The zero-order valence-electron chi connectivity index (χ0n) is 18.2. The van der Waals surface area contributed by atoms with E-state index in [9.17, 15) is 0 Å². The van der Waals surface area contributed by atoms with Gasteiger partial charge in [0.25, 0.3) is 0 Å². The van der Waals surface area contributed by atoms with Crippen LogP contribution in [0.25, 0.3) is 5.57 Å². The Morgan fingerprint density at radius 1 is 1.04 bits per heavy atom. The van der Waals surface area contributed by atoms with Crippen LogP contribution in [0.3, 0.4) is 0 Å². The summed E-state index contributed by atoms with van der Waals surface area (Å²) in [6, 6.07) is 6.19. The number of rotatable bonds is 7. The third kappa shape index (κ3) is 6.10. The van der Waals surface area contributed by atoms with Crippen molar-refractivity contribution in [2.75, 3.05) is 27.4 Å². The van der Waals surface area contributed by atoms with Crippen LogP contribution in [0, 0.1) is 0 Å². The Bertz CT molecular complexity index is 715. The minimum atomic E-state index is 0.548. The summed E-state index contributed by atoms with van der Waals surface area (Å²) in [6.45, 7) is 9.28. The van der Waals surface area contributed by atoms with Gasteiger partial charge in [0.05, 0.1) is 0 Å². The third-order valence-corrected chi connectivity index (χ3v) is 4.18. The standard InChI is InChI=1S/C20H23NO3.2C2H6/c1-22-12-6-3-7-13-24-15-10-11-17-16-8-4-5-9-18(16)20(21-23-2)19(17)14-15;2*1-2/h3-4,7-8,10-11,14H,5-6,9,12-13H2,1-2H3;2*1-2H3/b7-3+,21-20+;;. The summed E-state index contributed by atoms with van der Waals surface area (Å²) in [5, 5.41) is 4.26. The van der Waals surface area contributed by atoms with Crippen LogP contribution in [0.2, 0.25) is 0 Å². The second-order valence-electron chi connectivity index (χ2n) is 5.73. The van der Waals surface area contributed by atoms with Gasteiger partial charge in [0.2, 0.25) is 0 Å². The van der Waals surface area contributed by atoms with E-state index in [2.05, 4.69) is 35.5 Å². The number of methoxy groups -OCH3 is 1. The van der Waals surface area contributed by atoms with Gasteiger partial charge in [-0.1, -0.05) is 63.2 Å². The molecule has 1 aromatic rings. The molecule has 2 aliphatic carbocycles. The topological polar surface area (TPSA) is 40.0 Å². The summed E-state index contributed by atoms with van der Waals surface area (Å²) in [6.07, 6.45) is 11.4. The van der Waals surface area contributed by atoms with Gasteiger partial charge >= 0.3 is 0 Å². The number of ether oxygens (including phenoxy) is 2. The maximum atomic E-state index is 5.83. The molecule has 0 radical (unpaired) electrons. The lowest BCUT2D eigenvalue weighted by Crippen LogP contribution is -2.03. The monoisotopic (exact) mass is 385 g/mol. The highest BCUT2D eigenvalue weighted by Crippen LogP contribution is 2.40. The Kier molecular flexibility index (Phi) is 11.7. The predicted octanol–water partition coefficient (Wildman–Crippen LogP) is 6.18. The van der Waals surface area contributed by atoms with Gasteiger partial charge in [0.15, 0.2) is 0 Å². The van der Waals surface area contributed by atoms with E-state index in [1.54, 1.807) is 14.2 Å². The van der Waals surface area contributed by atoms with E-state index in [1.165, 1.54) is 16.7 Å². The van der Waals surface area contributed by atoms with Crippen molar-refractivity contribution < 1.29 is 14.3 Å². The van der Waals surface area contributed by atoms with Crippen molar-refractivity contribution in [2.45, 2.75) is 47.0 Å². The number of hydrogen-bond donors (Lipinski definition) is 0. The summed E-state index contributed by atoms with van der Waals surface area (Å²) in [4.78, 5) is 5.07. The highest BCUT2D eigenvalue weighted by Gasteiger charge is 2.28. The van der Waals surface area contributed by atoms with Crippen LogP contribution >= 0.6 is 0 Å². The highest BCUT2D eigenvalue weighted by atomic mass is 16.6. The lowest BCUT2D eigenvalue weighted by atomic mass is 9.97. The SMILES string of the molecule is CC.CC.COCC/C=C/COc1ccc2c(c1)/C(=N/OC)C1=C2C=CCC1. The van der Waals surface area contributed by atoms with Gasteiger partial charge in [-0.15, -0.1) is 0 Å². The van der Waals surface area contributed by atoms with Crippen LogP contribution in [0.1, 0.15) is 58.1 Å². The van der Waals surface area contributed by atoms with Gasteiger partial charge in [-0.05, 0) is 48.1 Å². The third-order valence-electron chi connectivity index (χ3n) is 4.18. The summed E-state index contributed by atoms with van der Waals surface area (Å²) >= 11 is 0. The van der Waals surface area contributed by atoms with Crippen molar-refractivity contribution in [3.63, 3.8) is 0 Å². The van der Waals surface area contributed by atoms with Crippen LogP contribution in [-0.2, 0) is 9.57 Å². The summed E-state index contributed by atoms with van der Waals surface area (Å²) < 4.78 is 10.8. The van der Waals surface area contributed by atoms with Crippen molar-refractivity contribution >= 4 is 11.3 Å². The number of nitrogens with zero attached hydrogens (tertiary/aromatic N) is 1. The van der Waals surface area contributed by atoms with Crippen LogP contribution in [-0.4, -0.2) is 33.1 Å². The molecule has 0 unspecified atom stereocenters. The lowest BCUT2D eigenvalue weighted by molar-refractivity contribution is 0.204. The van der Waals surface area contributed by atoms with Crippen molar-refractivity contribution in [1.82, 2.24) is 0 Å². The molecule has 0 aliphatic heterocycles. The van der Waals surface area contributed by atoms with E-state index in [0.717, 1.165) is 42.9 Å². The molecule has 0 atom stereocenters. The minimum Gasteiger partial charge on any atom is -0.490 e. The average Bonchev–Trinajstić information content (AvgIpc) is 3.07. The normalized spacial score (nSPS) is 15.4. The zero-order chi connectivity index (χ0) is 20.8. The van der Waals surface area contributed by atoms with E-state index in [4.69, 9.17) is 14.3 Å². The molecule has 0 bridgehead atoms. The first kappa shape index (κ1) is 23.7. The average molecular weight is 386 g/mol. The van der Waals surface area contributed by atoms with E-state index >= 15 is 0 Å². The fourth-order valence-electron chi connectivity index (χ4n) is 3.08. The Labute approximate surface area is 170 Å². The number of fused-ring (bicyclic) bond motifs is 2. The summed E-state index contributed by atoms with van der Waals surface area (Å²) in [5.74, 6) is 0.845. The van der Waals surface area contributed by atoms with Gasteiger partial charge in [0, 0.05) is 19.3 Å². The molecule has 0 N–H and O–H groups in total. The molecule has 28 heavy (non-hydrogen) atoms. The molecule has 0 heterocycles. The Hall–Kier alpha value is -2.33. The number of allylic oxidation sites excluding steroid dienone is 4. The first-order valence-corrected chi connectivity index (χ1v) is 10.3. The molecule has 3 rings (SSSR count). The van der Waals surface area contributed by atoms with E-state index in [1.807, 2.05) is 39.8 Å². The highest BCUT2D eigenvalue weighted by molar-refractivity contribution is 6.24. The maximum Gasteiger partial charge on any atom is 0.120 e. The van der Waals surface area contributed by atoms with E-state index in [-0.39, 0.29) is 0 Å². The first-order valence-electron chi connectivity index (χ1n) is 10.3. The Morgan fingerprint density at radius 3 is 2.54 bits per heavy atom. The number of hydrogen-bond acceptors (Lipinski definition) is 4. The van der Waals surface area contributed by atoms with Crippen molar-refractivity contribution in [2.24, 2.45) is 5.16 Å². The fraction of sp³-hybridized carbons (Fsp3) is 0.458. The molecule has 2 aliphatic rings. The van der Waals surface area contributed by atoms with Crippen LogP contribution in [0.5, 0.6) is 5.75 Å². The van der Waals surface area contributed by atoms with Crippen molar-refractivity contribution in [3.8, 4) is 5.75 Å². The zero-order valence-corrected chi connectivity index (χ0v) is 18.2. The molecule has 4 heteroatoms.